The van der Waals surface area contributed by atoms with E-state index in [0.717, 1.165) is 21.3 Å². The predicted molar refractivity (Wildman–Crippen MR) is 139 cm³/mol. The lowest BCUT2D eigenvalue weighted by atomic mass is 10.2. The van der Waals surface area contributed by atoms with Crippen LogP contribution < -0.4 is 5.43 Å². The summed E-state index contributed by atoms with van der Waals surface area (Å²) < 4.78 is 2.95. The minimum Gasteiger partial charge on any atom is -0.272 e. The molecule has 0 bridgehead atoms. The molecule has 9 heteroatoms. The van der Waals surface area contributed by atoms with Crippen molar-refractivity contribution in [3.8, 4) is 17.1 Å². The molecule has 1 heterocycles. The Balaban J connectivity index is 1.46. The molecule has 0 unspecified atom stereocenters. The summed E-state index contributed by atoms with van der Waals surface area (Å²) in [5, 5.41) is 13.4. The SMILES string of the molecule is CSc1ccc(/C=N/NC(=O)CSc2nnc(-c3ccc(Br)cc3)n2-c2ccccc2)cc1. The van der Waals surface area contributed by atoms with Crippen LogP contribution in [0.1, 0.15) is 5.56 Å². The third-order valence-corrected chi connectivity index (χ3v) is 6.80. The van der Waals surface area contributed by atoms with E-state index in [9.17, 15) is 4.79 Å². The molecule has 4 aromatic rings. The van der Waals surface area contributed by atoms with E-state index in [0.29, 0.717) is 11.0 Å². The molecule has 0 fully saturated rings. The fourth-order valence-electron chi connectivity index (χ4n) is 2.99. The van der Waals surface area contributed by atoms with Crippen LogP contribution in [0.15, 0.2) is 98.5 Å². The number of nitrogens with zero attached hydrogens (tertiary/aromatic N) is 4. The quantitative estimate of drug-likeness (QED) is 0.178. The molecule has 1 amide bonds. The van der Waals surface area contributed by atoms with Crippen molar-refractivity contribution in [2.24, 2.45) is 5.10 Å². The zero-order chi connectivity index (χ0) is 23.0. The van der Waals surface area contributed by atoms with Gasteiger partial charge >= 0.3 is 0 Å². The maximum Gasteiger partial charge on any atom is 0.250 e. The van der Waals surface area contributed by atoms with E-state index in [1.165, 1.54) is 16.7 Å². The van der Waals surface area contributed by atoms with Gasteiger partial charge in [0.25, 0.3) is 5.91 Å². The van der Waals surface area contributed by atoms with Crippen LogP contribution in [0.5, 0.6) is 0 Å². The normalized spacial score (nSPS) is 11.1. The Bertz CT molecular complexity index is 1240. The molecule has 0 aliphatic rings. The fraction of sp³-hybridized carbons (Fsp3) is 0.0833. The van der Waals surface area contributed by atoms with Gasteiger partial charge in [-0.25, -0.2) is 5.43 Å². The Morgan fingerprint density at radius 3 is 2.45 bits per heavy atom. The maximum absolute atomic E-state index is 12.4. The van der Waals surface area contributed by atoms with Crippen LogP contribution in [-0.2, 0) is 4.79 Å². The van der Waals surface area contributed by atoms with E-state index in [4.69, 9.17) is 0 Å². The summed E-state index contributed by atoms with van der Waals surface area (Å²) in [6.45, 7) is 0. The number of hydrogen-bond donors (Lipinski definition) is 1. The summed E-state index contributed by atoms with van der Waals surface area (Å²) in [6.07, 6.45) is 3.66. The zero-order valence-electron chi connectivity index (χ0n) is 17.7. The lowest BCUT2D eigenvalue weighted by Gasteiger charge is -2.10. The lowest BCUT2D eigenvalue weighted by molar-refractivity contribution is -0.118. The van der Waals surface area contributed by atoms with Crippen molar-refractivity contribution in [3.05, 3.63) is 88.9 Å². The fourth-order valence-corrected chi connectivity index (χ4v) is 4.41. The number of nitrogens with one attached hydrogen (secondary N) is 1. The van der Waals surface area contributed by atoms with Crippen LogP contribution in [0, 0.1) is 0 Å². The number of halogens is 1. The highest BCUT2D eigenvalue weighted by Crippen LogP contribution is 2.28. The summed E-state index contributed by atoms with van der Waals surface area (Å²) in [4.78, 5) is 13.5. The monoisotopic (exact) mass is 537 g/mol. The molecule has 1 N–H and O–H groups in total. The molecule has 0 atom stereocenters. The van der Waals surface area contributed by atoms with Gasteiger partial charge in [-0.05, 0) is 48.2 Å². The van der Waals surface area contributed by atoms with Gasteiger partial charge in [-0.15, -0.1) is 22.0 Å². The Kier molecular flexibility index (Phi) is 7.98. The molecule has 166 valence electrons. The van der Waals surface area contributed by atoms with Gasteiger partial charge in [-0.3, -0.25) is 9.36 Å². The molecule has 0 saturated heterocycles. The van der Waals surface area contributed by atoms with Gasteiger partial charge in [0.2, 0.25) is 0 Å². The van der Waals surface area contributed by atoms with E-state index < -0.39 is 0 Å². The Hall–Kier alpha value is -2.88. The number of hydrazone groups is 1. The van der Waals surface area contributed by atoms with Crippen molar-refractivity contribution in [2.45, 2.75) is 10.1 Å². The van der Waals surface area contributed by atoms with E-state index in [1.54, 1.807) is 18.0 Å². The Morgan fingerprint density at radius 2 is 1.76 bits per heavy atom. The minimum atomic E-state index is -0.218. The second kappa shape index (κ2) is 11.3. The maximum atomic E-state index is 12.4. The summed E-state index contributed by atoms with van der Waals surface area (Å²) in [7, 11) is 0. The van der Waals surface area contributed by atoms with Crippen molar-refractivity contribution in [2.75, 3.05) is 12.0 Å². The molecular formula is C24H20BrN5OS2. The van der Waals surface area contributed by atoms with Crippen LogP contribution in [0.2, 0.25) is 0 Å². The number of para-hydroxylation sites is 1. The van der Waals surface area contributed by atoms with Crippen molar-refractivity contribution >= 4 is 51.6 Å². The molecule has 0 aliphatic carbocycles. The highest BCUT2D eigenvalue weighted by Gasteiger charge is 2.17. The van der Waals surface area contributed by atoms with Gasteiger partial charge in [0.1, 0.15) is 0 Å². The number of hydrogen-bond acceptors (Lipinski definition) is 6. The van der Waals surface area contributed by atoms with Crippen LogP contribution in [0.25, 0.3) is 17.1 Å². The Labute approximate surface area is 209 Å². The molecule has 6 nitrogen and oxygen atoms in total. The third kappa shape index (κ3) is 6.13. The number of carbonyl (C=O) groups excluding carboxylic acids is 1. The average Bonchev–Trinajstić information content (AvgIpc) is 3.28. The third-order valence-electron chi connectivity index (χ3n) is 4.60. The highest BCUT2D eigenvalue weighted by molar-refractivity contribution is 9.10. The summed E-state index contributed by atoms with van der Waals surface area (Å²) in [6, 6.07) is 25.7. The molecule has 3 aromatic carbocycles. The highest BCUT2D eigenvalue weighted by atomic mass is 79.9. The predicted octanol–water partition coefficient (Wildman–Crippen LogP) is 5.66. The summed E-state index contributed by atoms with van der Waals surface area (Å²) in [5.41, 5.74) is 5.36. The van der Waals surface area contributed by atoms with E-state index in [2.05, 4.69) is 36.7 Å². The second-order valence-corrected chi connectivity index (χ2v) is 9.58. The number of rotatable bonds is 8. The molecule has 1 aromatic heterocycles. The molecule has 0 spiro atoms. The standard InChI is InChI=1S/C24H20BrN5OS2/c1-32-21-13-7-17(8-14-21)15-26-27-22(31)16-33-24-29-28-23(18-9-11-19(25)12-10-18)30(24)20-5-3-2-4-6-20/h2-15H,16H2,1H3,(H,27,31)/b26-15+. The van der Waals surface area contributed by atoms with E-state index >= 15 is 0 Å². The van der Waals surface area contributed by atoms with E-state index in [1.807, 2.05) is 89.7 Å². The smallest absolute Gasteiger partial charge is 0.250 e. The number of amides is 1. The topological polar surface area (TPSA) is 72.2 Å². The Morgan fingerprint density at radius 1 is 1.03 bits per heavy atom. The molecule has 0 saturated carbocycles. The van der Waals surface area contributed by atoms with Crippen LogP contribution in [-0.4, -0.2) is 38.9 Å². The minimum absolute atomic E-state index is 0.161. The van der Waals surface area contributed by atoms with Gasteiger partial charge < -0.3 is 0 Å². The van der Waals surface area contributed by atoms with Crippen molar-refractivity contribution in [3.63, 3.8) is 0 Å². The van der Waals surface area contributed by atoms with Gasteiger partial charge in [0, 0.05) is 20.6 Å². The van der Waals surface area contributed by atoms with Crippen LogP contribution in [0.4, 0.5) is 0 Å². The van der Waals surface area contributed by atoms with Crippen molar-refractivity contribution in [1.29, 1.82) is 0 Å². The van der Waals surface area contributed by atoms with Gasteiger partial charge in [0.15, 0.2) is 11.0 Å². The largest absolute Gasteiger partial charge is 0.272 e. The second-order valence-electron chi connectivity index (χ2n) is 6.84. The summed E-state index contributed by atoms with van der Waals surface area (Å²) >= 11 is 6.46. The van der Waals surface area contributed by atoms with E-state index in [-0.39, 0.29) is 11.7 Å². The summed E-state index contributed by atoms with van der Waals surface area (Å²) in [5.74, 6) is 0.654. The zero-order valence-corrected chi connectivity index (χ0v) is 20.9. The average molecular weight is 538 g/mol. The molecule has 0 aliphatic heterocycles. The van der Waals surface area contributed by atoms with Crippen LogP contribution in [0.3, 0.4) is 0 Å². The molecule has 0 radical (unpaired) electrons. The number of benzene rings is 3. The lowest BCUT2D eigenvalue weighted by Crippen LogP contribution is -2.20. The van der Waals surface area contributed by atoms with Gasteiger partial charge in [0.05, 0.1) is 12.0 Å². The van der Waals surface area contributed by atoms with Gasteiger partial charge in [-0.2, -0.15) is 5.10 Å². The molecular weight excluding hydrogens is 518 g/mol. The molecule has 33 heavy (non-hydrogen) atoms. The first kappa shape index (κ1) is 23.3. The number of aromatic nitrogens is 3. The number of carbonyl (C=O) groups is 1. The van der Waals surface area contributed by atoms with Gasteiger partial charge in [-0.1, -0.05) is 70.2 Å². The first-order valence-corrected chi connectivity index (χ1v) is 13.0. The number of thioether (sulfide) groups is 2. The first-order valence-electron chi connectivity index (χ1n) is 9.99. The van der Waals surface area contributed by atoms with Crippen molar-refractivity contribution in [1.82, 2.24) is 20.2 Å². The van der Waals surface area contributed by atoms with Crippen molar-refractivity contribution < 1.29 is 4.79 Å². The van der Waals surface area contributed by atoms with Crippen LogP contribution >= 0.6 is 39.5 Å². The molecule has 4 rings (SSSR count). The first-order chi connectivity index (χ1) is 16.1.